The highest BCUT2D eigenvalue weighted by molar-refractivity contribution is 14.1. The van der Waals surface area contributed by atoms with E-state index in [9.17, 15) is 18.8 Å². The largest absolute Gasteiger partial charge is 0.455 e. The molecule has 0 saturated heterocycles. The molecule has 422 valence electrons. The molecule has 0 bridgehead atoms. The quantitative estimate of drug-likeness (QED) is 0.0530. The number of amides is 3. The predicted octanol–water partition coefficient (Wildman–Crippen LogP) is 18.0. The summed E-state index contributed by atoms with van der Waals surface area (Å²) in [6.07, 6.45) is 5.86. The number of carbonyl (C=O) groups excluding carboxylic acids is 3. The Kier molecular flexibility index (Phi) is 18.6. The first-order valence-corrected chi connectivity index (χ1v) is 28.3. The summed E-state index contributed by atoms with van der Waals surface area (Å²) in [4.78, 5) is 52.3. The Labute approximate surface area is 498 Å². The van der Waals surface area contributed by atoms with Crippen LogP contribution in [0.5, 0.6) is 34.5 Å². The topological polar surface area (TPSA) is 154 Å². The summed E-state index contributed by atoms with van der Waals surface area (Å²) in [5, 5.41) is 8.14. The van der Waals surface area contributed by atoms with Crippen LogP contribution in [-0.4, -0.2) is 32.7 Å². The molecule has 3 aromatic heterocycles. The van der Waals surface area contributed by atoms with Crippen LogP contribution in [0.15, 0.2) is 158 Å². The molecule has 0 aliphatic heterocycles. The van der Waals surface area contributed by atoms with Gasteiger partial charge in [-0.15, -0.1) is 0 Å². The van der Waals surface area contributed by atoms with Crippen LogP contribution in [0.1, 0.15) is 120 Å². The number of rotatable bonds is 19. The van der Waals surface area contributed by atoms with E-state index in [1.165, 1.54) is 42.9 Å². The molecule has 2 unspecified atom stereocenters. The van der Waals surface area contributed by atoms with Gasteiger partial charge in [0.25, 0.3) is 17.7 Å². The van der Waals surface area contributed by atoms with Gasteiger partial charge in [0.05, 0.1) is 24.2 Å². The maximum absolute atomic E-state index is 16.6. The van der Waals surface area contributed by atoms with E-state index in [-0.39, 0.29) is 49.5 Å². The van der Waals surface area contributed by atoms with Crippen molar-refractivity contribution in [3.63, 3.8) is 0 Å². The second kappa shape index (κ2) is 26.1. The van der Waals surface area contributed by atoms with Gasteiger partial charge in [0.1, 0.15) is 75.0 Å². The van der Waals surface area contributed by atoms with Crippen molar-refractivity contribution in [1.29, 1.82) is 0 Å². The van der Waals surface area contributed by atoms with Crippen molar-refractivity contribution in [2.24, 2.45) is 0 Å². The van der Waals surface area contributed by atoms with Crippen molar-refractivity contribution in [3.05, 3.63) is 236 Å². The molecule has 3 heterocycles. The molecule has 0 aliphatic rings. The predicted molar refractivity (Wildman–Crippen MR) is 327 cm³/mol. The molecule has 0 fully saturated rings. The number of ether oxygens (including phenoxy) is 3. The summed E-state index contributed by atoms with van der Waals surface area (Å²) < 4.78 is 65.3. The van der Waals surface area contributed by atoms with Crippen molar-refractivity contribution in [1.82, 2.24) is 15.0 Å². The number of benzene rings is 6. The van der Waals surface area contributed by atoms with E-state index in [2.05, 4.69) is 92.5 Å². The van der Waals surface area contributed by atoms with Crippen molar-refractivity contribution in [2.45, 2.75) is 77.1 Å². The Hall–Kier alpha value is -8.61. The van der Waals surface area contributed by atoms with Crippen LogP contribution < -0.4 is 30.2 Å². The van der Waals surface area contributed by atoms with Gasteiger partial charge in [-0.05, 0) is 194 Å². The van der Waals surface area contributed by atoms with Crippen LogP contribution in [0.2, 0.25) is 5.02 Å². The van der Waals surface area contributed by atoms with E-state index in [1.807, 2.05) is 51.1 Å². The number of halogens is 5. The first kappa shape index (κ1) is 59.0. The summed E-state index contributed by atoms with van der Waals surface area (Å²) in [7, 11) is 0. The van der Waals surface area contributed by atoms with Gasteiger partial charge in [-0.25, -0.2) is 28.1 Å². The highest BCUT2D eigenvalue weighted by atomic mass is 127. The zero-order valence-electron chi connectivity index (χ0n) is 46.3. The summed E-state index contributed by atoms with van der Waals surface area (Å²) in [6, 6.07) is 38.9. The molecule has 12 nitrogen and oxygen atoms in total. The highest BCUT2D eigenvalue weighted by Gasteiger charge is 2.26. The smallest absolute Gasteiger partial charge is 0.262 e. The summed E-state index contributed by atoms with van der Waals surface area (Å²) in [5.41, 5.74) is 6.26. The van der Waals surface area contributed by atoms with Crippen molar-refractivity contribution in [3.8, 4) is 45.6 Å². The second-order valence-corrected chi connectivity index (χ2v) is 22.6. The summed E-state index contributed by atoms with van der Waals surface area (Å²) in [5.74, 6) is -0.829. The number of pyridine rings is 3. The third-order valence-corrected chi connectivity index (χ3v) is 14.9. The Morgan fingerprint density at radius 2 is 1.11 bits per heavy atom. The lowest BCUT2D eigenvalue weighted by Crippen LogP contribution is -2.17. The Morgan fingerprint density at radius 1 is 0.542 bits per heavy atom. The van der Waals surface area contributed by atoms with E-state index in [0.717, 1.165) is 46.4 Å². The Balaban J connectivity index is 0.830. The molecule has 9 rings (SSSR count). The number of anilines is 3. The lowest BCUT2D eigenvalue weighted by molar-refractivity contribution is 0.101. The van der Waals surface area contributed by atoms with Crippen LogP contribution in [-0.2, 0) is 6.42 Å². The van der Waals surface area contributed by atoms with E-state index >= 15 is 8.78 Å². The van der Waals surface area contributed by atoms with Crippen molar-refractivity contribution >= 4 is 69.4 Å². The fourth-order valence-corrected chi connectivity index (χ4v) is 9.79. The highest BCUT2D eigenvalue weighted by Crippen LogP contribution is 2.41. The van der Waals surface area contributed by atoms with Crippen molar-refractivity contribution in [2.75, 3.05) is 16.0 Å². The molecular formula is C66H57ClF3IN6O6. The standard InChI is InChI=1S/C66H57ClF3IN6O6/c1-36(2)43-17-16-42(58(29-43)83-48-21-26-60(73-35-48)76-65(79)51-22-18-45(67)31-55(51)69)14-12-37(3)44-15-13-39(5)56(30-44)81-46-20-27-61(74-33-46)77-66(80)62-54(68)24-23-50(63(62)70)53-28-40(6)57(32-52(53)41(7)71)82-47-19-25-59(72-34-47)75-64(78)49-11-9-8-10-38(49)4/h8-11,13,15-37,41H,12,14H2,1-7H3,(H,72,75,78)(H,73,76,79)(H,74,77,80). The zero-order chi connectivity index (χ0) is 59.1. The summed E-state index contributed by atoms with van der Waals surface area (Å²) >= 11 is 8.05. The van der Waals surface area contributed by atoms with Crippen LogP contribution in [0, 0.1) is 38.2 Å². The third-order valence-electron chi connectivity index (χ3n) is 14.0. The van der Waals surface area contributed by atoms with Crippen LogP contribution in [0.4, 0.5) is 30.6 Å². The normalized spacial score (nSPS) is 11.9. The Morgan fingerprint density at radius 3 is 1.69 bits per heavy atom. The minimum Gasteiger partial charge on any atom is -0.455 e. The first-order valence-electron chi connectivity index (χ1n) is 26.6. The lowest BCUT2D eigenvalue weighted by Gasteiger charge is -2.19. The number of nitrogens with zero attached hydrogens (tertiary/aromatic N) is 3. The maximum atomic E-state index is 16.6. The van der Waals surface area contributed by atoms with Crippen LogP contribution in [0.3, 0.4) is 0 Å². The minimum absolute atomic E-state index is 0.0289. The van der Waals surface area contributed by atoms with E-state index < -0.39 is 34.8 Å². The molecule has 3 amide bonds. The molecule has 0 aliphatic carbocycles. The SMILES string of the molecule is Cc1ccc(C(C)CCc2ccc(C(C)C)cc2Oc2ccc(NC(=O)c3ccc(Cl)cc3F)nc2)cc1Oc1ccc(NC(=O)c2c(F)ccc(-c3cc(C)c(Oc4ccc(NC(=O)c5ccccc5C)nc4)cc3C(C)I)c2F)nc1. The van der Waals surface area contributed by atoms with Gasteiger partial charge >= 0.3 is 0 Å². The molecule has 0 saturated carbocycles. The van der Waals surface area contributed by atoms with Gasteiger partial charge < -0.3 is 30.2 Å². The molecule has 0 radical (unpaired) electrons. The van der Waals surface area contributed by atoms with Gasteiger partial charge in [0.15, 0.2) is 0 Å². The average Bonchev–Trinajstić information content (AvgIpc) is 3.62. The number of hydrogen-bond donors (Lipinski definition) is 3. The summed E-state index contributed by atoms with van der Waals surface area (Å²) in [6.45, 7) is 13.9. The first-order chi connectivity index (χ1) is 39.8. The van der Waals surface area contributed by atoms with Gasteiger partial charge in [-0.2, -0.15) is 0 Å². The van der Waals surface area contributed by atoms with E-state index in [4.69, 9.17) is 25.8 Å². The van der Waals surface area contributed by atoms with E-state index in [0.29, 0.717) is 69.0 Å². The number of hydrogen-bond acceptors (Lipinski definition) is 9. The van der Waals surface area contributed by atoms with Gasteiger partial charge in [0, 0.05) is 20.1 Å². The molecule has 83 heavy (non-hydrogen) atoms. The second-order valence-electron chi connectivity index (χ2n) is 20.3. The molecular weight excluding hydrogens is 1190 g/mol. The van der Waals surface area contributed by atoms with Gasteiger partial charge in [-0.1, -0.05) is 97.4 Å². The molecule has 3 N–H and O–H groups in total. The molecule has 17 heteroatoms. The van der Waals surface area contributed by atoms with Gasteiger partial charge in [-0.3, -0.25) is 14.4 Å². The number of aromatic nitrogens is 3. The number of nitrogens with one attached hydrogen (secondary N) is 3. The zero-order valence-corrected chi connectivity index (χ0v) is 49.3. The third kappa shape index (κ3) is 14.4. The fourth-order valence-electron chi connectivity index (χ4n) is 9.12. The average molecular weight is 1250 g/mol. The monoisotopic (exact) mass is 1250 g/mol. The molecule has 0 spiro atoms. The minimum atomic E-state index is -1.04. The molecule has 9 aromatic rings. The van der Waals surface area contributed by atoms with Crippen LogP contribution >= 0.6 is 34.2 Å². The van der Waals surface area contributed by atoms with Crippen molar-refractivity contribution < 1.29 is 41.8 Å². The number of alkyl halides is 1. The van der Waals surface area contributed by atoms with E-state index in [1.54, 1.807) is 61.5 Å². The maximum Gasteiger partial charge on any atom is 0.262 e. The molecule has 6 aromatic carbocycles. The number of aryl methyl sites for hydroxylation is 4. The van der Waals surface area contributed by atoms with Gasteiger partial charge in [0.2, 0.25) is 0 Å². The lowest BCUT2D eigenvalue weighted by atomic mass is 9.92. The van der Waals surface area contributed by atoms with Crippen LogP contribution in [0.25, 0.3) is 11.1 Å². The fraction of sp³-hybridized carbons (Fsp3) is 0.182. The number of carbonyl (C=O) groups is 3. The Bertz CT molecular complexity index is 3890. The molecule has 2 atom stereocenters.